The molecule has 0 aliphatic carbocycles. The van der Waals surface area contributed by atoms with Crippen molar-refractivity contribution >= 4 is 10.0 Å². The van der Waals surface area contributed by atoms with Gasteiger partial charge in [0.05, 0.1) is 11.4 Å². The van der Waals surface area contributed by atoms with E-state index in [1.54, 1.807) is 24.3 Å². The van der Waals surface area contributed by atoms with Gasteiger partial charge in [-0.1, -0.05) is 32.1 Å². The van der Waals surface area contributed by atoms with Crippen LogP contribution in [0.15, 0.2) is 29.2 Å². The number of benzene rings is 1. The molecule has 4 nitrogen and oxygen atoms in total. The Balaban J connectivity index is 2.88. The van der Waals surface area contributed by atoms with E-state index < -0.39 is 10.0 Å². The van der Waals surface area contributed by atoms with Crippen LogP contribution >= 0.6 is 0 Å². The van der Waals surface area contributed by atoms with Crippen LogP contribution in [0.5, 0.6) is 0 Å². The van der Waals surface area contributed by atoms with E-state index in [0.29, 0.717) is 5.92 Å². The topological polar surface area (TPSA) is 72.2 Å². The molecule has 1 aromatic carbocycles. The van der Waals surface area contributed by atoms with Crippen molar-refractivity contribution < 1.29 is 8.42 Å². The Bertz CT molecular complexity index is 583. The molecule has 2 atom stereocenters. The van der Waals surface area contributed by atoms with Crippen LogP contribution in [0, 0.1) is 17.8 Å². The zero-order valence-corrected chi connectivity index (χ0v) is 13.0. The lowest BCUT2D eigenvalue weighted by Crippen LogP contribution is -2.36. The SMILES string of the molecule is CCC(C)C(C)NS(=O)(=O)c1ccc(C#CCN)cc1. The molecule has 0 amide bonds. The smallest absolute Gasteiger partial charge is 0.240 e. The molecule has 0 fully saturated rings. The second-order valence-corrected chi connectivity index (χ2v) is 6.54. The Hall–Kier alpha value is -1.35. The molecule has 110 valence electrons. The lowest BCUT2D eigenvalue weighted by Gasteiger charge is -2.19. The van der Waals surface area contributed by atoms with Gasteiger partial charge >= 0.3 is 0 Å². The molecule has 1 aromatic rings. The minimum atomic E-state index is -3.47. The van der Waals surface area contributed by atoms with Crippen molar-refractivity contribution in [3.05, 3.63) is 29.8 Å². The summed E-state index contributed by atoms with van der Waals surface area (Å²) >= 11 is 0. The van der Waals surface area contributed by atoms with Crippen LogP contribution in [-0.4, -0.2) is 21.0 Å². The summed E-state index contributed by atoms with van der Waals surface area (Å²) in [6.07, 6.45) is 0.928. The maximum atomic E-state index is 12.2. The first-order valence-corrected chi connectivity index (χ1v) is 8.20. The monoisotopic (exact) mass is 294 g/mol. The number of hydrogen-bond acceptors (Lipinski definition) is 3. The van der Waals surface area contributed by atoms with E-state index in [0.717, 1.165) is 12.0 Å². The van der Waals surface area contributed by atoms with Crippen molar-refractivity contribution in [2.24, 2.45) is 11.7 Å². The molecule has 0 saturated carbocycles. The average molecular weight is 294 g/mol. The standard InChI is InChI=1S/C15H22N2O2S/c1-4-12(2)13(3)17-20(18,19)15-9-7-14(8-10-15)6-5-11-16/h7-10,12-13,17H,4,11,16H2,1-3H3. The molecule has 0 saturated heterocycles. The number of rotatable bonds is 5. The summed E-state index contributed by atoms with van der Waals surface area (Å²) in [5.41, 5.74) is 6.05. The van der Waals surface area contributed by atoms with Gasteiger partial charge in [-0.2, -0.15) is 0 Å². The molecule has 0 aliphatic rings. The van der Waals surface area contributed by atoms with Gasteiger partial charge in [-0.25, -0.2) is 13.1 Å². The minimum absolute atomic E-state index is 0.0956. The van der Waals surface area contributed by atoms with Crippen molar-refractivity contribution in [2.75, 3.05) is 6.54 Å². The zero-order chi connectivity index (χ0) is 15.2. The van der Waals surface area contributed by atoms with Crippen LogP contribution < -0.4 is 10.5 Å². The van der Waals surface area contributed by atoms with Gasteiger partial charge in [0, 0.05) is 11.6 Å². The molecule has 1 rings (SSSR count). The first-order chi connectivity index (χ1) is 9.40. The fraction of sp³-hybridized carbons (Fsp3) is 0.467. The molecule has 2 unspecified atom stereocenters. The van der Waals surface area contributed by atoms with Crippen LogP contribution in [0.1, 0.15) is 32.8 Å². The minimum Gasteiger partial charge on any atom is -0.320 e. The average Bonchev–Trinajstić information content (AvgIpc) is 2.44. The van der Waals surface area contributed by atoms with Gasteiger partial charge in [-0.3, -0.25) is 0 Å². The van der Waals surface area contributed by atoms with Crippen LogP contribution in [0.2, 0.25) is 0 Å². The van der Waals surface area contributed by atoms with Gasteiger partial charge in [0.15, 0.2) is 0 Å². The van der Waals surface area contributed by atoms with Crippen molar-refractivity contribution in [3.63, 3.8) is 0 Å². The summed E-state index contributed by atoms with van der Waals surface area (Å²) in [5.74, 6) is 5.88. The second-order valence-electron chi connectivity index (χ2n) is 4.83. The quantitative estimate of drug-likeness (QED) is 0.812. The van der Waals surface area contributed by atoms with Gasteiger partial charge in [0.2, 0.25) is 10.0 Å². The Kier molecular flexibility index (Phi) is 6.21. The predicted octanol–water partition coefficient (Wildman–Crippen LogP) is 1.71. The fourth-order valence-corrected chi connectivity index (χ4v) is 3.01. The number of hydrogen-bond donors (Lipinski definition) is 2. The third-order valence-electron chi connectivity index (χ3n) is 3.34. The van der Waals surface area contributed by atoms with Crippen LogP contribution in [0.3, 0.4) is 0 Å². The largest absolute Gasteiger partial charge is 0.320 e. The highest BCUT2D eigenvalue weighted by Crippen LogP contribution is 2.14. The van der Waals surface area contributed by atoms with Crippen molar-refractivity contribution in [1.29, 1.82) is 0 Å². The first-order valence-electron chi connectivity index (χ1n) is 6.72. The number of nitrogens with two attached hydrogens (primary N) is 1. The molecular weight excluding hydrogens is 272 g/mol. The summed E-state index contributed by atoms with van der Waals surface area (Å²) in [7, 11) is -3.47. The van der Waals surface area contributed by atoms with Crippen LogP contribution in [0.4, 0.5) is 0 Å². The predicted molar refractivity (Wildman–Crippen MR) is 81.6 cm³/mol. The third-order valence-corrected chi connectivity index (χ3v) is 4.91. The molecule has 0 aromatic heterocycles. The highest BCUT2D eigenvalue weighted by atomic mass is 32.2. The summed E-state index contributed by atoms with van der Waals surface area (Å²) in [6.45, 7) is 6.24. The molecule has 3 N–H and O–H groups in total. The Morgan fingerprint density at radius 2 is 1.85 bits per heavy atom. The van der Waals surface area contributed by atoms with Crippen molar-refractivity contribution in [3.8, 4) is 11.8 Å². The number of nitrogens with one attached hydrogen (secondary N) is 1. The van der Waals surface area contributed by atoms with Gasteiger partial charge in [-0.15, -0.1) is 0 Å². The van der Waals surface area contributed by atoms with Crippen LogP contribution in [-0.2, 0) is 10.0 Å². The maximum absolute atomic E-state index is 12.2. The van der Waals surface area contributed by atoms with Gasteiger partial charge in [-0.05, 0) is 37.1 Å². The highest BCUT2D eigenvalue weighted by Gasteiger charge is 2.20. The molecule has 0 aliphatic heterocycles. The lowest BCUT2D eigenvalue weighted by atomic mass is 10.0. The van der Waals surface area contributed by atoms with Gasteiger partial charge in [0.25, 0.3) is 0 Å². The molecule has 0 radical (unpaired) electrons. The summed E-state index contributed by atoms with van der Waals surface area (Å²) < 4.78 is 27.1. The van der Waals surface area contributed by atoms with Crippen LogP contribution in [0.25, 0.3) is 0 Å². The Morgan fingerprint density at radius 1 is 1.25 bits per heavy atom. The van der Waals surface area contributed by atoms with Crippen molar-refractivity contribution in [2.45, 2.75) is 38.1 Å². The van der Waals surface area contributed by atoms with E-state index in [1.807, 2.05) is 20.8 Å². The van der Waals surface area contributed by atoms with Gasteiger partial charge < -0.3 is 5.73 Å². The van der Waals surface area contributed by atoms with E-state index in [2.05, 4.69) is 16.6 Å². The fourth-order valence-electron chi connectivity index (χ4n) is 1.65. The molecule has 0 heterocycles. The maximum Gasteiger partial charge on any atom is 0.240 e. The zero-order valence-electron chi connectivity index (χ0n) is 12.2. The molecular formula is C15H22N2O2S. The second kappa shape index (κ2) is 7.44. The third kappa shape index (κ3) is 4.64. The Morgan fingerprint density at radius 3 is 2.35 bits per heavy atom. The first kappa shape index (κ1) is 16.7. The number of sulfonamides is 1. The van der Waals surface area contributed by atoms with E-state index in [4.69, 9.17) is 5.73 Å². The van der Waals surface area contributed by atoms with Gasteiger partial charge in [0.1, 0.15) is 0 Å². The highest BCUT2D eigenvalue weighted by molar-refractivity contribution is 7.89. The van der Waals surface area contributed by atoms with Crippen molar-refractivity contribution in [1.82, 2.24) is 4.72 Å². The molecule has 5 heteroatoms. The molecule has 0 spiro atoms. The van der Waals surface area contributed by atoms with E-state index in [9.17, 15) is 8.42 Å². The summed E-state index contributed by atoms with van der Waals surface area (Å²) in [6, 6.07) is 6.40. The van der Waals surface area contributed by atoms with E-state index >= 15 is 0 Å². The summed E-state index contributed by atoms with van der Waals surface area (Å²) in [4.78, 5) is 0.256. The summed E-state index contributed by atoms with van der Waals surface area (Å²) in [5, 5.41) is 0. The normalized spacial score (nSPS) is 14.2. The lowest BCUT2D eigenvalue weighted by molar-refractivity contribution is 0.434. The van der Waals surface area contributed by atoms with E-state index in [1.165, 1.54) is 0 Å². The van der Waals surface area contributed by atoms with E-state index in [-0.39, 0.29) is 17.5 Å². The Labute approximate surface area is 121 Å². The molecule has 0 bridgehead atoms. The molecule has 20 heavy (non-hydrogen) atoms.